The third-order valence-corrected chi connectivity index (χ3v) is 7.05. The van der Waals surface area contributed by atoms with Crippen molar-refractivity contribution < 1.29 is 9.84 Å². The normalized spacial score (nSPS) is 22.5. The monoisotopic (exact) mass is 452 g/mol. The number of aromatic amines is 1. The van der Waals surface area contributed by atoms with Crippen molar-refractivity contribution in [3.05, 3.63) is 72.5 Å². The molecule has 0 bridgehead atoms. The predicted molar refractivity (Wildman–Crippen MR) is 142 cm³/mol. The van der Waals surface area contributed by atoms with Crippen LogP contribution in [0.2, 0.25) is 0 Å². The van der Waals surface area contributed by atoms with Gasteiger partial charge in [-0.15, -0.1) is 13.2 Å². The van der Waals surface area contributed by atoms with Gasteiger partial charge in [0.15, 0.2) is 0 Å². The van der Waals surface area contributed by atoms with E-state index in [1.807, 2.05) is 13.0 Å². The first-order valence-electron chi connectivity index (χ1n) is 12.1. The summed E-state index contributed by atoms with van der Waals surface area (Å²) in [4.78, 5) is 3.80. The zero-order valence-corrected chi connectivity index (χ0v) is 21.4. The first-order valence-corrected chi connectivity index (χ1v) is 12.1. The Morgan fingerprint density at radius 3 is 2.61 bits per heavy atom. The minimum absolute atomic E-state index is 0.303. The standard InChI is InChI=1S/C27H40N2O2.C2H4/c1-7-23(19(3)4)27(18-31-6)16-20(15-26(5,30)8-2)17-28-14-13-22-21-11-9-10-12-24(21)29-25(22)27;1-2/h7,9-12,20,28-30H,1,8,13-18H2,2-6H3;1-2H2/t20-,26-,27-;/m0./s1. The lowest BCUT2D eigenvalue weighted by Crippen LogP contribution is -2.41. The highest BCUT2D eigenvalue weighted by molar-refractivity contribution is 5.85. The fraction of sp³-hybridized carbons (Fsp3) is 0.517. The quantitative estimate of drug-likeness (QED) is 0.352. The van der Waals surface area contributed by atoms with Crippen LogP contribution in [0.25, 0.3) is 10.9 Å². The van der Waals surface area contributed by atoms with Gasteiger partial charge in [0.1, 0.15) is 0 Å². The maximum Gasteiger partial charge on any atom is 0.0620 e. The van der Waals surface area contributed by atoms with Crippen LogP contribution in [0.4, 0.5) is 0 Å². The van der Waals surface area contributed by atoms with Crippen LogP contribution in [0.5, 0.6) is 0 Å². The van der Waals surface area contributed by atoms with Gasteiger partial charge in [-0.05, 0) is 82.7 Å². The number of ether oxygens (including phenoxy) is 1. The van der Waals surface area contributed by atoms with Gasteiger partial charge in [0.05, 0.1) is 17.6 Å². The summed E-state index contributed by atoms with van der Waals surface area (Å²) < 4.78 is 5.93. The molecular weight excluding hydrogens is 408 g/mol. The number of hydrogen-bond acceptors (Lipinski definition) is 3. The summed E-state index contributed by atoms with van der Waals surface area (Å²) in [6.07, 6.45) is 5.36. The predicted octanol–water partition coefficient (Wildman–Crippen LogP) is 6.08. The lowest BCUT2D eigenvalue weighted by molar-refractivity contribution is 0.0224. The van der Waals surface area contributed by atoms with E-state index in [9.17, 15) is 5.11 Å². The molecule has 0 fully saturated rings. The summed E-state index contributed by atoms with van der Waals surface area (Å²) in [7, 11) is 1.79. The molecule has 0 radical (unpaired) electrons. The summed E-state index contributed by atoms with van der Waals surface area (Å²) >= 11 is 0. The molecule has 3 rings (SSSR count). The summed E-state index contributed by atoms with van der Waals surface area (Å²) in [6.45, 7) is 20.9. The van der Waals surface area contributed by atoms with Gasteiger partial charge >= 0.3 is 0 Å². The number of fused-ring (bicyclic) bond motifs is 3. The molecule has 0 unspecified atom stereocenters. The van der Waals surface area contributed by atoms with E-state index < -0.39 is 5.60 Å². The Morgan fingerprint density at radius 1 is 1.30 bits per heavy atom. The fourth-order valence-corrected chi connectivity index (χ4v) is 5.54. The largest absolute Gasteiger partial charge is 0.390 e. The zero-order valence-electron chi connectivity index (χ0n) is 21.4. The number of aromatic nitrogens is 1. The molecule has 1 aromatic heterocycles. The number of rotatable bonds is 7. The van der Waals surface area contributed by atoms with Gasteiger partial charge in [-0.25, -0.2) is 0 Å². The van der Waals surface area contributed by atoms with Crippen LogP contribution in [-0.4, -0.2) is 42.5 Å². The third-order valence-electron chi connectivity index (χ3n) is 7.05. The van der Waals surface area contributed by atoms with E-state index in [-0.39, 0.29) is 5.41 Å². The van der Waals surface area contributed by atoms with Crippen LogP contribution in [0.15, 0.2) is 61.2 Å². The lowest BCUT2D eigenvalue weighted by Gasteiger charge is -2.40. The molecule has 4 nitrogen and oxygen atoms in total. The van der Waals surface area contributed by atoms with Crippen LogP contribution in [0, 0.1) is 5.92 Å². The van der Waals surface area contributed by atoms with Crippen LogP contribution in [0.1, 0.15) is 58.2 Å². The maximum atomic E-state index is 10.9. The van der Waals surface area contributed by atoms with Crippen LogP contribution >= 0.6 is 0 Å². The highest BCUT2D eigenvalue weighted by Crippen LogP contribution is 2.45. The second kappa shape index (κ2) is 11.8. The number of benzene rings is 1. The third kappa shape index (κ3) is 5.87. The van der Waals surface area contributed by atoms with Gasteiger partial charge in [0.2, 0.25) is 0 Å². The second-order valence-electron chi connectivity index (χ2n) is 9.74. The van der Waals surface area contributed by atoms with E-state index >= 15 is 0 Å². The first kappa shape index (κ1) is 27.1. The Balaban J connectivity index is 0.00000187. The first-order chi connectivity index (χ1) is 15.8. The van der Waals surface area contributed by atoms with Crippen molar-refractivity contribution in [2.45, 2.75) is 64.4 Å². The molecule has 33 heavy (non-hydrogen) atoms. The Bertz CT molecular complexity index is 952. The van der Waals surface area contributed by atoms with Gasteiger partial charge in [-0.2, -0.15) is 0 Å². The molecule has 3 N–H and O–H groups in total. The molecule has 0 amide bonds. The average Bonchev–Trinajstić information content (AvgIpc) is 3.18. The molecule has 1 aliphatic rings. The molecule has 3 atom stereocenters. The Hall–Kier alpha value is -2.14. The number of aliphatic hydroxyl groups is 1. The minimum Gasteiger partial charge on any atom is -0.390 e. The molecule has 1 aliphatic heterocycles. The van der Waals surface area contributed by atoms with Crippen LogP contribution in [-0.2, 0) is 16.6 Å². The van der Waals surface area contributed by atoms with E-state index in [2.05, 4.69) is 75.1 Å². The summed E-state index contributed by atoms with van der Waals surface area (Å²) in [6, 6.07) is 8.58. The summed E-state index contributed by atoms with van der Waals surface area (Å²) in [5, 5.41) is 15.9. The molecule has 0 aliphatic carbocycles. The van der Waals surface area contributed by atoms with Gasteiger partial charge in [0.25, 0.3) is 0 Å². The van der Waals surface area contributed by atoms with Crippen molar-refractivity contribution >= 4 is 10.9 Å². The van der Waals surface area contributed by atoms with Gasteiger partial charge < -0.3 is 20.1 Å². The topological polar surface area (TPSA) is 57.3 Å². The van der Waals surface area contributed by atoms with Crippen molar-refractivity contribution in [2.24, 2.45) is 5.92 Å². The van der Waals surface area contributed by atoms with E-state index in [0.717, 1.165) is 38.8 Å². The Labute approximate surface area is 200 Å². The fourth-order valence-electron chi connectivity index (χ4n) is 5.54. The highest BCUT2D eigenvalue weighted by atomic mass is 16.5. The van der Waals surface area contributed by atoms with E-state index in [1.165, 1.54) is 33.3 Å². The van der Waals surface area contributed by atoms with Crippen LogP contribution < -0.4 is 5.32 Å². The van der Waals surface area contributed by atoms with Crippen molar-refractivity contribution in [1.29, 1.82) is 0 Å². The molecule has 1 aromatic carbocycles. The van der Waals surface area contributed by atoms with Crippen molar-refractivity contribution in [3.63, 3.8) is 0 Å². The number of para-hydroxylation sites is 1. The summed E-state index contributed by atoms with van der Waals surface area (Å²) in [5.41, 5.74) is 5.24. The van der Waals surface area contributed by atoms with Crippen molar-refractivity contribution in [1.82, 2.24) is 10.3 Å². The SMILES string of the molecule is C=C.C=CC(=C(C)C)[C@@]1(COC)C[C@H](C[C@@](C)(O)CC)CNCCc2c1[nH]c1ccccc21. The van der Waals surface area contributed by atoms with E-state index in [4.69, 9.17) is 4.74 Å². The maximum absolute atomic E-state index is 10.9. The molecule has 4 heteroatoms. The van der Waals surface area contributed by atoms with Crippen molar-refractivity contribution in [3.8, 4) is 0 Å². The second-order valence-corrected chi connectivity index (χ2v) is 9.74. The molecule has 2 heterocycles. The zero-order chi connectivity index (χ0) is 24.6. The number of nitrogens with one attached hydrogen (secondary N) is 2. The van der Waals surface area contributed by atoms with E-state index in [1.54, 1.807) is 7.11 Å². The number of hydrogen-bond donors (Lipinski definition) is 3. The summed E-state index contributed by atoms with van der Waals surface area (Å²) in [5.74, 6) is 0.303. The molecular formula is C29H44N2O2. The number of methoxy groups -OCH3 is 1. The van der Waals surface area contributed by atoms with E-state index in [0.29, 0.717) is 12.5 Å². The average molecular weight is 453 g/mol. The minimum atomic E-state index is -0.679. The number of allylic oxidation sites excluding steroid dienone is 2. The van der Waals surface area contributed by atoms with Crippen LogP contribution in [0.3, 0.4) is 0 Å². The number of H-pyrrole nitrogens is 1. The van der Waals surface area contributed by atoms with Gasteiger partial charge in [-0.3, -0.25) is 0 Å². The Kier molecular flexibility index (Phi) is 9.71. The smallest absolute Gasteiger partial charge is 0.0620 e. The molecule has 0 spiro atoms. The van der Waals surface area contributed by atoms with Gasteiger partial charge in [-0.1, -0.05) is 43.4 Å². The highest BCUT2D eigenvalue weighted by Gasteiger charge is 2.43. The molecule has 2 aromatic rings. The van der Waals surface area contributed by atoms with Gasteiger partial charge in [0, 0.05) is 23.7 Å². The van der Waals surface area contributed by atoms with Crippen molar-refractivity contribution in [2.75, 3.05) is 26.8 Å². The molecule has 0 saturated heterocycles. The Morgan fingerprint density at radius 2 is 2.00 bits per heavy atom. The molecule has 0 saturated carbocycles. The molecule has 182 valence electrons. The lowest BCUT2D eigenvalue weighted by atomic mass is 9.67.